The van der Waals surface area contributed by atoms with Gasteiger partial charge in [0.2, 0.25) is 0 Å². The van der Waals surface area contributed by atoms with E-state index in [9.17, 15) is 0 Å². The molecule has 0 unspecified atom stereocenters. The van der Waals surface area contributed by atoms with Gasteiger partial charge in [-0.05, 0) is 70.9 Å². The second kappa shape index (κ2) is 9.95. The second-order valence-electron chi connectivity index (χ2n) is 7.22. The van der Waals surface area contributed by atoms with E-state index in [1.807, 2.05) is 11.3 Å². The Morgan fingerprint density at radius 2 is 0.724 bits per heavy atom. The Labute approximate surface area is 193 Å². The van der Waals surface area contributed by atoms with E-state index in [-0.39, 0.29) is 0 Å². The highest BCUT2D eigenvalue weighted by atomic mass is 32.3. The molecule has 0 aliphatic carbocycles. The van der Waals surface area contributed by atoms with Gasteiger partial charge in [-0.25, -0.2) is 20.1 Å². The Bertz CT molecular complexity index is 816. The van der Waals surface area contributed by atoms with E-state index in [0.717, 1.165) is 0 Å². The maximum Gasteiger partial charge on any atom is 0.0454 e. The lowest BCUT2D eigenvalue weighted by Gasteiger charge is -2.36. The lowest BCUT2D eigenvalue weighted by molar-refractivity contribution is 1.32. The summed E-state index contributed by atoms with van der Waals surface area (Å²) in [7, 11) is -1.23. The summed E-state index contributed by atoms with van der Waals surface area (Å²) in [5.74, 6) is 7.86. The molecular formula is C24H36S5. The zero-order valence-electron chi connectivity index (χ0n) is 18.7. The molecule has 0 spiro atoms. The molecule has 29 heavy (non-hydrogen) atoms. The minimum absolute atomic E-state index is 0.615. The zero-order valence-corrected chi connectivity index (χ0v) is 22.8. The quantitative estimate of drug-likeness (QED) is 0.268. The van der Waals surface area contributed by atoms with Crippen molar-refractivity contribution in [1.29, 1.82) is 0 Å². The topological polar surface area (TPSA) is 0 Å². The van der Waals surface area contributed by atoms with Crippen molar-refractivity contribution in [2.45, 2.75) is 50.0 Å². The molecule has 0 aliphatic rings. The van der Waals surface area contributed by atoms with Crippen molar-refractivity contribution in [3.05, 3.63) is 36.4 Å². The number of hydrogen-bond acceptors (Lipinski definition) is 3. The van der Waals surface area contributed by atoms with Crippen LogP contribution in [0.2, 0.25) is 0 Å². The third-order valence-corrected chi connectivity index (χ3v) is 20.9. The van der Waals surface area contributed by atoms with E-state index >= 15 is 0 Å². The first kappa shape index (κ1) is 23.5. The molecule has 0 N–H and O–H groups in total. The van der Waals surface area contributed by atoms with Gasteiger partial charge in [0.1, 0.15) is 0 Å². The summed E-state index contributed by atoms with van der Waals surface area (Å²) < 4.78 is 3.30. The van der Waals surface area contributed by atoms with Gasteiger partial charge in [0, 0.05) is 27.9 Å². The van der Waals surface area contributed by atoms with E-state index in [4.69, 9.17) is 0 Å². The molecule has 0 nitrogen and oxygen atoms in total. The van der Waals surface area contributed by atoms with Crippen molar-refractivity contribution in [1.82, 2.24) is 0 Å². The van der Waals surface area contributed by atoms with Crippen LogP contribution in [0.25, 0.3) is 19.5 Å². The van der Waals surface area contributed by atoms with Crippen LogP contribution in [-0.2, 0) is 0 Å². The molecule has 0 aromatic carbocycles. The van der Waals surface area contributed by atoms with E-state index in [1.54, 1.807) is 8.42 Å². The molecule has 0 bridgehead atoms. The molecule has 0 amide bonds. The van der Waals surface area contributed by atoms with Crippen molar-refractivity contribution < 1.29 is 0 Å². The van der Waals surface area contributed by atoms with Gasteiger partial charge in [0.05, 0.1) is 0 Å². The number of rotatable bonds is 10. The summed E-state index contributed by atoms with van der Waals surface area (Å²) >= 11 is 6.07. The van der Waals surface area contributed by atoms with Gasteiger partial charge in [-0.2, -0.15) is 0 Å². The van der Waals surface area contributed by atoms with Crippen LogP contribution in [0.15, 0.2) is 44.8 Å². The van der Waals surface area contributed by atoms with Crippen LogP contribution in [0.4, 0.5) is 0 Å². The Morgan fingerprint density at radius 3 is 1.03 bits per heavy atom. The van der Waals surface area contributed by atoms with Gasteiger partial charge in [0.15, 0.2) is 0 Å². The maximum absolute atomic E-state index is 2.43. The first-order valence-electron chi connectivity index (χ1n) is 10.8. The Hall–Kier alpha value is -0.200. The monoisotopic (exact) mass is 484 g/mol. The Balaban J connectivity index is 1.88. The van der Waals surface area contributed by atoms with Crippen molar-refractivity contribution in [3.63, 3.8) is 0 Å². The fourth-order valence-electron chi connectivity index (χ4n) is 4.05. The van der Waals surface area contributed by atoms with Crippen molar-refractivity contribution in [2.24, 2.45) is 0 Å². The van der Waals surface area contributed by atoms with Gasteiger partial charge < -0.3 is 0 Å². The smallest absolute Gasteiger partial charge is 0.0454 e. The van der Waals surface area contributed by atoms with Gasteiger partial charge in [-0.15, -0.1) is 34.0 Å². The van der Waals surface area contributed by atoms with Crippen molar-refractivity contribution >= 4 is 54.1 Å². The van der Waals surface area contributed by atoms with Crippen molar-refractivity contribution in [3.8, 4) is 19.5 Å². The highest BCUT2D eigenvalue weighted by molar-refractivity contribution is 8.35. The highest BCUT2D eigenvalue weighted by Gasteiger charge is 2.24. The molecule has 3 aromatic rings. The van der Waals surface area contributed by atoms with Crippen LogP contribution < -0.4 is 0 Å². The summed E-state index contributed by atoms with van der Waals surface area (Å²) in [6.07, 6.45) is 0. The van der Waals surface area contributed by atoms with Gasteiger partial charge in [-0.1, -0.05) is 41.5 Å². The van der Waals surface area contributed by atoms with Crippen LogP contribution in [0.3, 0.4) is 0 Å². The van der Waals surface area contributed by atoms with Gasteiger partial charge >= 0.3 is 0 Å². The third kappa shape index (κ3) is 4.41. The Kier molecular flexibility index (Phi) is 8.05. The summed E-state index contributed by atoms with van der Waals surface area (Å²) in [5, 5.41) is 0. The minimum atomic E-state index is -0.615. The normalized spacial score (nSPS) is 13.7. The van der Waals surface area contributed by atoms with E-state index < -0.39 is 20.1 Å². The number of hydrogen-bond donors (Lipinski definition) is 0. The summed E-state index contributed by atoms with van der Waals surface area (Å²) in [6.45, 7) is 14.3. The molecule has 0 radical (unpaired) electrons. The molecule has 3 aromatic heterocycles. The van der Waals surface area contributed by atoms with E-state index in [1.165, 1.54) is 54.0 Å². The molecule has 3 rings (SSSR count). The predicted molar refractivity (Wildman–Crippen MR) is 146 cm³/mol. The van der Waals surface area contributed by atoms with Crippen molar-refractivity contribution in [2.75, 3.05) is 34.5 Å². The van der Waals surface area contributed by atoms with E-state index in [0.29, 0.717) is 0 Å². The lowest BCUT2D eigenvalue weighted by atomic mass is 10.3. The van der Waals surface area contributed by atoms with Gasteiger partial charge in [0.25, 0.3) is 0 Å². The van der Waals surface area contributed by atoms with Crippen LogP contribution in [0, 0.1) is 0 Å². The molecule has 162 valence electrons. The van der Waals surface area contributed by atoms with Crippen LogP contribution in [0.5, 0.6) is 0 Å². The molecular weight excluding hydrogens is 449 g/mol. The molecule has 0 saturated heterocycles. The average molecular weight is 485 g/mol. The maximum atomic E-state index is 2.43. The summed E-state index contributed by atoms with van der Waals surface area (Å²) in [6, 6.07) is 14.3. The summed E-state index contributed by atoms with van der Waals surface area (Å²) in [5.41, 5.74) is 0. The Morgan fingerprint density at radius 1 is 0.448 bits per heavy atom. The van der Waals surface area contributed by atoms with Crippen LogP contribution >= 0.6 is 54.1 Å². The predicted octanol–water partition coefficient (Wildman–Crippen LogP) is 9.65. The van der Waals surface area contributed by atoms with Gasteiger partial charge in [-0.3, -0.25) is 0 Å². The second-order valence-corrected chi connectivity index (χ2v) is 19.5. The molecule has 0 atom stereocenters. The molecule has 0 saturated carbocycles. The van der Waals surface area contributed by atoms with Crippen LogP contribution in [-0.4, -0.2) is 34.5 Å². The highest BCUT2D eigenvalue weighted by Crippen LogP contribution is 2.60. The zero-order chi connectivity index (χ0) is 21.1. The SMILES string of the molecule is CCS(CC)(CC)c1ccc(-c2ccc(-c3ccc(S(CC)(CC)CC)s3)s2)s1. The average Bonchev–Trinajstić information content (AvgIpc) is 3.52. The molecule has 3 heterocycles. The molecule has 0 fully saturated rings. The fraction of sp³-hybridized carbons (Fsp3) is 0.500. The first-order chi connectivity index (χ1) is 14.0. The minimum Gasteiger partial charge on any atom is -0.206 e. The van der Waals surface area contributed by atoms with E-state index in [2.05, 4.69) is 101 Å². The largest absolute Gasteiger partial charge is 0.206 e. The fourth-order valence-corrected chi connectivity index (χ4v) is 15.7. The third-order valence-electron chi connectivity index (χ3n) is 6.42. The van der Waals surface area contributed by atoms with Crippen LogP contribution in [0.1, 0.15) is 41.5 Å². The standard InChI is InChI=1S/C24H36S5/c1-7-28(8-2,9-3)23-17-15-21(26-23)19-13-14-20(25-19)22-16-18-24(27-22)29(10-4,11-5)12-6/h13-18H,7-12H2,1-6H3. The number of thiophene rings is 3. The molecule has 0 aliphatic heterocycles. The summed E-state index contributed by atoms with van der Waals surface area (Å²) in [4.78, 5) is 5.78. The molecule has 5 heteroatoms. The lowest BCUT2D eigenvalue weighted by Crippen LogP contribution is -2.07. The first-order valence-corrected chi connectivity index (χ1v) is 17.6.